The molecular weight excluding hydrogens is 463 g/mol. The molecule has 1 fully saturated rings. The molecule has 0 aliphatic carbocycles. The highest BCUT2D eigenvalue weighted by molar-refractivity contribution is 7.89. The number of hydrogen-bond acceptors (Lipinski definition) is 5. The molecule has 0 atom stereocenters. The van der Waals surface area contributed by atoms with Gasteiger partial charge in [-0.1, -0.05) is 23.7 Å². The number of amides is 1. The van der Waals surface area contributed by atoms with E-state index >= 15 is 0 Å². The Bertz CT molecular complexity index is 1130. The summed E-state index contributed by atoms with van der Waals surface area (Å²) in [7, 11) is -4.36. The van der Waals surface area contributed by atoms with Crippen molar-refractivity contribution in [3.8, 4) is 0 Å². The van der Waals surface area contributed by atoms with Crippen LogP contribution in [-0.2, 0) is 16.2 Å². The number of alkyl halides is 3. The van der Waals surface area contributed by atoms with Crippen LogP contribution in [0.5, 0.6) is 0 Å². The molecule has 0 unspecified atom stereocenters. The molecule has 1 amide bonds. The number of sulfonamides is 1. The lowest BCUT2D eigenvalue weighted by atomic mass is 10.1. The Morgan fingerprint density at radius 3 is 2.26 bits per heavy atom. The summed E-state index contributed by atoms with van der Waals surface area (Å²) in [6.45, 7) is -0.607. The van der Waals surface area contributed by atoms with Crippen molar-refractivity contribution in [1.82, 2.24) is 9.21 Å². The van der Waals surface area contributed by atoms with Crippen LogP contribution in [0.4, 0.5) is 18.9 Å². The van der Waals surface area contributed by atoms with Crippen LogP contribution in [0.3, 0.4) is 0 Å². The molecule has 0 spiro atoms. The first-order chi connectivity index (χ1) is 14.4. The fraction of sp³-hybridized carbons (Fsp3) is 0.278. The molecule has 3 rings (SSSR count). The minimum absolute atomic E-state index is 0.0965. The van der Waals surface area contributed by atoms with E-state index < -0.39 is 37.5 Å². The highest BCUT2D eigenvalue weighted by atomic mass is 35.5. The molecule has 0 N–H and O–H groups in total. The van der Waals surface area contributed by atoms with E-state index in [9.17, 15) is 36.5 Å². The van der Waals surface area contributed by atoms with E-state index in [0.717, 1.165) is 10.4 Å². The molecule has 2 aromatic carbocycles. The first kappa shape index (κ1) is 23.0. The Morgan fingerprint density at radius 2 is 1.68 bits per heavy atom. The number of para-hydroxylation sites is 1. The van der Waals surface area contributed by atoms with E-state index in [-0.39, 0.29) is 42.5 Å². The molecular formula is C18H15ClF3N3O5S. The molecule has 1 heterocycles. The summed E-state index contributed by atoms with van der Waals surface area (Å²) < 4.78 is 65.6. The third kappa shape index (κ3) is 4.65. The van der Waals surface area contributed by atoms with Crippen LogP contribution in [0.15, 0.2) is 47.4 Å². The molecule has 0 saturated carbocycles. The summed E-state index contributed by atoms with van der Waals surface area (Å²) in [5.41, 5.74) is -1.66. The highest BCUT2D eigenvalue weighted by Gasteiger charge is 2.36. The number of rotatable bonds is 4. The molecule has 0 bridgehead atoms. The van der Waals surface area contributed by atoms with Gasteiger partial charge in [-0.25, -0.2) is 8.42 Å². The van der Waals surface area contributed by atoms with Gasteiger partial charge in [0.05, 0.1) is 15.5 Å². The molecule has 0 radical (unpaired) electrons. The Morgan fingerprint density at radius 1 is 1.06 bits per heavy atom. The third-order valence-corrected chi connectivity index (χ3v) is 7.11. The number of carbonyl (C=O) groups is 1. The molecule has 13 heteroatoms. The van der Waals surface area contributed by atoms with Gasteiger partial charge in [-0.2, -0.15) is 17.5 Å². The normalized spacial score (nSPS) is 15.7. The van der Waals surface area contributed by atoms with E-state index in [1.165, 1.54) is 29.2 Å². The topological polar surface area (TPSA) is 101 Å². The van der Waals surface area contributed by atoms with Crippen molar-refractivity contribution in [1.29, 1.82) is 0 Å². The number of nitro benzene ring substituents is 1. The average molecular weight is 478 g/mol. The zero-order valence-electron chi connectivity index (χ0n) is 15.7. The van der Waals surface area contributed by atoms with Gasteiger partial charge in [-0.15, -0.1) is 0 Å². The van der Waals surface area contributed by atoms with Crippen molar-refractivity contribution in [2.75, 3.05) is 26.2 Å². The van der Waals surface area contributed by atoms with Gasteiger partial charge in [0.25, 0.3) is 11.6 Å². The maximum atomic E-state index is 13.0. The predicted molar refractivity (Wildman–Crippen MR) is 104 cm³/mol. The first-order valence-corrected chi connectivity index (χ1v) is 10.6. The maximum Gasteiger partial charge on any atom is 0.416 e. The number of piperazine rings is 1. The minimum Gasteiger partial charge on any atom is -0.336 e. The summed E-state index contributed by atoms with van der Waals surface area (Å²) in [6.07, 6.45) is -4.75. The summed E-state index contributed by atoms with van der Waals surface area (Å²) in [5, 5.41) is 10.8. The smallest absolute Gasteiger partial charge is 0.336 e. The third-order valence-electron chi connectivity index (χ3n) is 4.73. The standard InChI is InChI=1S/C18H15ClF3N3O5S/c19-14-6-5-12(18(20,21)22)11-16(14)31(29,30)24-9-7-23(8-10-24)17(26)13-3-1-2-4-15(13)25(27)28/h1-6,11H,7-10H2. The molecule has 31 heavy (non-hydrogen) atoms. The molecule has 0 aromatic heterocycles. The van der Waals surface area contributed by atoms with Gasteiger partial charge in [0, 0.05) is 32.2 Å². The zero-order chi connectivity index (χ0) is 23.0. The van der Waals surface area contributed by atoms with E-state index in [1.807, 2.05) is 0 Å². The predicted octanol–water partition coefficient (Wildman–Crippen LogP) is 3.41. The number of nitrogens with zero attached hydrogens (tertiary/aromatic N) is 3. The van der Waals surface area contributed by atoms with Crippen LogP contribution in [0, 0.1) is 10.1 Å². The van der Waals surface area contributed by atoms with Crippen LogP contribution < -0.4 is 0 Å². The molecule has 2 aromatic rings. The van der Waals surface area contributed by atoms with Crippen LogP contribution in [0.1, 0.15) is 15.9 Å². The average Bonchev–Trinajstić information content (AvgIpc) is 2.72. The Balaban J connectivity index is 1.80. The lowest BCUT2D eigenvalue weighted by Gasteiger charge is -2.34. The summed E-state index contributed by atoms with van der Waals surface area (Å²) >= 11 is 5.85. The van der Waals surface area contributed by atoms with Crippen LogP contribution >= 0.6 is 11.6 Å². The van der Waals surface area contributed by atoms with Crippen LogP contribution in [0.2, 0.25) is 5.02 Å². The largest absolute Gasteiger partial charge is 0.416 e. The SMILES string of the molecule is O=C(c1ccccc1[N+](=O)[O-])N1CCN(S(=O)(=O)c2cc(C(F)(F)F)ccc2Cl)CC1. The lowest BCUT2D eigenvalue weighted by Crippen LogP contribution is -2.50. The fourth-order valence-corrected chi connectivity index (χ4v) is 5.05. The van der Waals surface area contributed by atoms with Crippen molar-refractivity contribution >= 4 is 33.2 Å². The molecule has 1 saturated heterocycles. The van der Waals surface area contributed by atoms with E-state index in [4.69, 9.17) is 11.6 Å². The summed E-state index contributed by atoms with van der Waals surface area (Å²) in [4.78, 5) is 23.7. The van der Waals surface area contributed by atoms with E-state index in [0.29, 0.717) is 12.1 Å². The van der Waals surface area contributed by atoms with Crippen molar-refractivity contribution in [3.05, 3.63) is 68.7 Å². The van der Waals surface area contributed by atoms with E-state index in [2.05, 4.69) is 0 Å². The zero-order valence-corrected chi connectivity index (χ0v) is 17.2. The summed E-state index contributed by atoms with van der Waals surface area (Å²) in [5.74, 6) is -0.638. The quantitative estimate of drug-likeness (QED) is 0.496. The second kappa shape index (κ2) is 8.44. The van der Waals surface area contributed by atoms with Gasteiger partial charge < -0.3 is 4.90 Å². The van der Waals surface area contributed by atoms with Crippen molar-refractivity contribution < 1.29 is 31.3 Å². The molecule has 1 aliphatic heterocycles. The van der Waals surface area contributed by atoms with Crippen molar-refractivity contribution in [2.24, 2.45) is 0 Å². The van der Waals surface area contributed by atoms with Gasteiger partial charge in [-0.05, 0) is 24.3 Å². The number of carbonyl (C=O) groups excluding carboxylic acids is 1. The highest BCUT2D eigenvalue weighted by Crippen LogP contribution is 2.34. The van der Waals surface area contributed by atoms with Crippen molar-refractivity contribution in [3.63, 3.8) is 0 Å². The van der Waals surface area contributed by atoms with Gasteiger partial charge in [0.15, 0.2) is 0 Å². The number of hydrogen-bond donors (Lipinski definition) is 0. The summed E-state index contributed by atoms with van der Waals surface area (Å²) in [6, 6.07) is 7.39. The first-order valence-electron chi connectivity index (χ1n) is 8.82. The molecule has 8 nitrogen and oxygen atoms in total. The maximum absolute atomic E-state index is 13.0. The van der Waals surface area contributed by atoms with Gasteiger partial charge in [0.2, 0.25) is 10.0 Å². The van der Waals surface area contributed by atoms with Crippen LogP contribution in [-0.4, -0.2) is 54.6 Å². The molecule has 166 valence electrons. The van der Waals surface area contributed by atoms with Crippen LogP contribution in [0.25, 0.3) is 0 Å². The number of halogens is 4. The second-order valence-corrected chi connectivity index (χ2v) is 8.93. The lowest BCUT2D eigenvalue weighted by molar-refractivity contribution is -0.385. The van der Waals surface area contributed by atoms with E-state index in [1.54, 1.807) is 0 Å². The fourth-order valence-electron chi connectivity index (χ4n) is 3.13. The Hall–Kier alpha value is -2.70. The minimum atomic E-state index is -4.75. The second-order valence-electron chi connectivity index (χ2n) is 6.61. The van der Waals surface area contributed by atoms with Gasteiger partial charge in [-0.3, -0.25) is 14.9 Å². The Kier molecular flexibility index (Phi) is 6.25. The van der Waals surface area contributed by atoms with Gasteiger partial charge >= 0.3 is 6.18 Å². The van der Waals surface area contributed by atoms with Crippen molar-refractivity contribution in [2.45, 2.75) is 11.1 Å². The monoisotopic (exact) mass is 477 g/mol. The number of benzene rings is 2. The Labute approximate surface area is 180 Å². The number of nitro groups is 1. The molecule has 1 aliphatic rings. The van der Waals surface area contributed by atoms with Gasteiger partial charge in [0.1, 0.15) is 10.5 Å².